The topological polar surface area (TPSA) is 81.8 Å². The third-order valence-electron chi connectivity index (χ3n) is 3.29. The third kappa shape index (κ3) is 2.24. The lowest BCUT2D eigenvalue weighted by atomic mass is 9.84. The third-order valence-corrected chi connectivity index (χ3v) is 3.29. The predicted octanol–water partition coefficient (Wildman–Crippen LogP) is 1.40. The molecule has 1 aliphatic heterocycles. The molecular formula is C12H15NO5. The summed E-state index contributed by atoms with van der Waals surface area (Å²) in [7, 11) is 1.53. The van der Waals surface area contributed by atoms with E-state index in [4.69, 9.17) is 9.47 Å². The van der Waals surface area contributed by atoms with E-state index in [-0.39, 0.29) is 23.3 Å². The molecule has 6 heteroatoms. The highest BCUT2D eigenvalue weighted by molar-refractivity contribution is 5.44. The lowest BCUT2D eigenvalue weighted by molar-refractivity contribution is -0.486. The number of hydrogen-bond donors (Lipinski definition) is 1. The second-order valence-corrected chi connectivity index (χ2v) is 4.39. The van der Waals surface area contributed by atoms with E-state index in [1.807, 2.05) is 0 Å². The van der Waals surface area contributed by atoms with Crippen molar-refractivity contribution >= 4 is 0 Å². The maximum atomic E-state index is 10.7. The predicted molar refractivity (Wildman–Crippen MR) is 63.4 cm³/mol. The first-order valence-electron chi connectivity index (χ1n) is 5.67. The molecule has 0 saturated heterocycles. The SMILES string of the molecule is COc1ccc2c(c1)C(C[N+](=O)[O-])C(C)C(O)O2. The fourth-order valence-electron chi connectivity index (χ4n) is 2.20. The van der Waals surface area contributed by atoms with Gasteiger partial charge in [0, 0.05) is 16.4 Å². The van der Waals surface area contributed by atoms with E-state index >= 15 is 0 Å². The van der Waals surface area contributed by atoms with Crippen LogP contribution in [-0.4, -0.2) is 30.0 Å². The summed E-state index contributed by atoms with van der Waals surface area (Å²) in [6.45, 7) is 1.50. The Morgan fingerprint density at radius 3 is 2.89 bits per heavy atom. The zero-order valence-electron chi connectivity index (χ0n) is 10.2. The molecule has 0 spiro atoms. The minimum absolute atomic E-state index is 0.234. The Bertz CT molecular complexity index is 462. The highest BCUT2D eigenvalue weighted by Gasteiger charge is 2.37. The smallest absolute Gasteiger partial charge is 0.211 e. The average molecular weight is 253 g/mol. The second kappa shape index (κ2) is 4.81. The van der Waals surface area contributed by atoms with Crippen molar-refractivity contribution in [2.75, 3.05) is 13.7 Å². The van der Waals surface area contributed by atoms with Crippen LogP contribution in [0.1, 0.15) is 18.4 Å². The van der Waals surface area contributed by atoms with Gasteiger partial charge in [0.1, 0.15) is 11.5 Å². The van der Waals surface area contributed by atoms with Crippen molar-refractivity contribution in [2.45, 2.75) is 19.1 Å². The highest BCUT2D eigenvalue weighted by atomic mass is 16.6. The first-order valence-corrected chi connectivity index (χ1v) is 5.67. The molecule has 3 atom stereocenters. The van der Waals surface area contributed by atoms with E-state index < -0.39 is 6.29 Å². The van der Waals surface area contributed by atoms with Crippen LogP contribution in [0, 0.1) is 16.0 Å². The molecule has 0 fully saturated rings. The van der Waals surface area contributed by atoms with Gasteiger partial charge in [0.05, 0.1) is 13.0 Å². The molecule has 0 radical (unpaired) electrons. The van der Waals surface area contributed by atoms with Crippen LogP contribution < -0.4 is 9.47 Å². The summed E-state index contributed by atoms with van der Waals surface area (Å²) in [6, 6.07) is 5.09. The number of hydrogen-bond acceptors (Lipinski definition) is 5. The normalized spacial score (nSPS) is 26.1. The van der Waals surface area contributed by atoms with Crippen LogP contribution in [0.25, 0.3) is 0 Å². The van der Waals surface area contributed by atoms with Crippen LogP contribution >= 0.6 is 0 Å². The molecule has 0 aliphatic carbocycles. The molecule has 1 aliphatic rings. The molecule has 0 bridgehead atoms. The molecular weight excluding hydrogens is 238 g/mol. The number of rotatable bonds is 3. The molecule has 98 valence electrons. The lowest BCUT2D eigenvalue weighted by Crippen LogP contribution is -2.36. The lowest BCUT2D eigenvalue weighted by Gasteiger charge is -2.33. The Morgan fingerprint density at radius 1 is 1.56 bits per heavy atom. The molecule has 0 saturated carbocycles. The van der Waals surface area contributed by atoms with Crippen LogP contribution in [0.2, 0.25) is 0 Å². The number of aliphatic hydroxyl groups is 1. The molecule has 1 aromatic rings. The van der Waals surface area contributed by atoms with Gasteiger partial charge in [-0.05, 0) is 18.2 Å². The zero-order valence-corrected chi connectivity index (χ0v) is 10.2. The van der Waals surface area contributed by atoms with Crippen molar-refractivity contribution < 1.29 is 19.5 Å². The van der Waals surface area contributed by atoms with E-state index in [1.54, 1.807) is 25.1 Å². The van der Waals surface area contributed by atoms with Crippen molar-refractivity contribution in [1.29, 1.82) is 0 Å². The van der Waals surface area contributed by atoms with Gasteiger partial charge in [-0.15, -0.1) is 0 Å². The molecule has 1 N–H and O–H groups in total. The number of nitro groups is 1. The van der Waals surface area contributed by atoms with Gasteiger partial charge in [0.15, 0.2) is 0 Å². The van der Waals surface area contributed by atoms with Gasteiger partial charge in [-0.3, -0.25) is 10.1 Å². The standard InChI is InChI=1S/C12H15NO5/c1-7-10(6-13(15)16)9-5-8(17-2)3-4-11(9)18-12(7)14/h3-5,7,10,12,14H,6H2,1-2H3. The summed E-state index contributed by atoms with van der Waals surface area (Å²) in [4.78, 5) is 10.4. The van der Waals surface area contributed by atoms with Gasteiger partial charge in [-0.1, -0.05) is 6.92 Å². The fraction of sp³-hybridized carbons (Fsp3) is 0.500. The van der Waals surface area contributed by atoms with Gasteiger partial charge in [0.25, 0.3) is 0 Å². The average Bonchev–Trinajstić information content (AvgIpc) is 2.34. The van der Waals surface area contributed by atoms with E-state index in [1.165, 1.54) is 7.11 Å². The van der Waals surface area contributed by atoms with Gasteiger partial charge in [-0.25, -0.2) is 0 Å². The second-order valence-electron chi connectivity index (χ2n) is 4.39. The Hall–Kier alpha value is -1.82. The van der Waals surface area contributed by atoms with Crippen LogP contribution in [0.5, 0.6) is 11.5 Å². The van der Waals surface area contributed by atoms with Gasteiger partial charge >= 0.3 is 0 Å². The van der Waals surface area contributed by atoms with E-state index in [0.717, 1.165) is 0 Å². The minimum atomic E-state index is -1.02. The number of methoxy groups -OCH3 is 1. The maximum Gasteiger partial charge on any atom is 0.211 e. The first-order chi connectivity index (χ1) is 8.52. The van der Waals surface area contributed by atoms with Crippen molar-refractivity contribution in [3.63, 3.8) is 0 Å². The van der Waals surface area contributed by atoms with Crippen molar-refractivity contribution in [2.24, 2.45) is 5.92 Å². The molecule has 0 amide bonds. The van der Waals surface area contributed by atoms with Crippen LogP contribution in [0.3, 0.4) is 0 Å². The molecule has 6 nitrogen and oxygen atoms in total. The Kier molecular flexibility index (Phi) is 3.38. The van der Waals surface area contributed by atoms with Crippen molar-refractivity contribution in [3.8, 4) is 11.5 Å². The van der Waals surface area contributed by atoms with Gasteiger partial charge in [-0.2, -0.15) is 0 Å². The number of aliphatic hydroxyl groups excluding tert-OH is 1. The Morgan fingerprint density at radius 2 is 2.28 bits per heavy atom. The first kappa shape index (κ1) is 12.6. The molecule has 2 rings (SSSR count). The molecule has 0 aromatic heterocycles. The number of fused-ring (bicyclic) bond motifs is 1. The summed E-state index contributed by atoms with van der Waals surface area (Å²) >= 11 is 0. The summed E-state index contributed by atoms with van der Waals surface area (Å²) in [5.74, 6) is 0.381. The molecule has 1 aromatic carbocycles. The van der Waals surface area contributed by atoms with E-state index in [0.29, 0.717) is 17.1 Å². The molecule has 1 heterocycles. The fourth-order valence-corrected chi connectivity index (χ4v) is 2.20. The van der Waals surface area contributed by atoms with Gasteiger partial charge < -0.3 is 14.6 Å². The van der Waals surface area contributed by atoms with Crippen LogP contribution in [0.15, 0.2) is 18.2 Å². The minimum Gasteiger partial charge on any atom is -0.497 e. The quantitative estimate of drug-likeness (QED) is 0.650. The largest absolute Gasteiger partial charge is 0.497 e. The Labute approximate surface area is 104 Å². The maximum absolute atomic E-state index is 10.7. The zero-order chi connectivity index (χ0) is 13.3. The number of ether oxygens (including phenoxy) is 2. The van der Waals surface area contributed by atoms with E-state index in [2.05, 4.69) is 0 Å². The van der Waals surface area contributed by atoms with Crippen molar-refractivity contribution in [3.05, 3.63) is 33.9 Å². The monoisotopic (exact) mass is 253 g/mol. The molecule has 18 heavy (non-hydrogen) atoms. The summed E-state index contributed by atoms with van der Waals surface area (Å²) in [6.07, 6.45) is -1.02. The Balaban J connectivity index is 2.42. The number of nitrogens with zero attached hydrogens (tertiary/aromatic N) is 1. The van der Waals surface area contributed by atoms with Gasteiger partial charge in [0.2, 0.25) is 12.8 Å². The summed E-state index contributed by atoms with van der Waals surface area (Å²) in [5.41, 5.74) is 0.712. The van der Waals surface area contributed by atoms with E-state index in [9.17, 15) is 15.2 Å². The summed E-state index contributed by atoms with van der Waals surface area (Å²) in [5, 5.41) is 20.5. The number of benzene rings is 1. The van der Waals surface area contributed by atoms with Crippen LogP contribution in [-0.2, 0) is 0 Å². The molecule has 3 unspecified atom stereocenters. The highest BCUT2D eigenvalue weighted by Crippen LogP contribution is 2.41. The van der Waals surface area contributed by atoms with Crippen LogP contribution in [0.4, 0.5) is 0 Å². The van der Waals surface area contributed by atoms with Crippen molar-refractivity contribution in [1.82, 2.24) is 0 Å². The summed E-state index contributed by atoms with van der Waals surface area (Å²) < 4.78 is 10.4.